The Labute approximate surface area is 126 Å². The summed E-state index contributed by atoms with van der Waals surface area (Å²) in [4.78, 5) is 0. The molecule has 0 aromatic carbocycles. The second-order valence-electron chi connectivity index (χ2n) is 5.64. The van der Waals surface area contributed by atoms with Crippen LogP contribution in [0.4, 0.5) is 0 Å². The number of allylic oxidation sites excluding steroid dienone is 1. The Kier molecular flexibility index (Phi) is 6.63. The van der Waals surface area contributed by atoms with Gasteiger partial charge in [0.05, 0.1) is 28.6 Å². The van der Waals surface area contributed by atoms with Crippen LogP contribution < -0.4 is 5.32 Å². The van der Waals surface area contributed by atoms with Crippen molar-refractivity contribution in [2.45, 2.75) is 33.6 Å². The average Bonchev–Trinajstić information content (AvgIpc) is 2.27. The molecule has 0 aliphatic carbocycles. The van der Waals surface area contributed by atoms with Gasteiger partial charge in [-0.25, -0.2) is 3.22 Å². The molecule has 1 aliphatic rings. The molecule has 0 radical (unpaired) electrons. The van der Waals surface area contributed by atoms with Crippen molar-refractivity contribution >= 4 is 28.6 Å². The molecule has 1 aliphatic heterocycles. The Balaban J connectivity index is 2.75. The Morgan fingerprint density at radius 1 is 1.56 bits per heavy atom. The van der Waals surface area contributed by atoms with Gasteiger partial charge in [-0.15, -0.1) is 0 Å². The normalized spacial score (nSPS) is 25.3. The largest absolute Gasteiger partial charge is 0.316 e. The number of nitrogens with zero attached hydrogens (tertiary/aromatic N) is 2. The summed E-state index contributed by atoms with van der Waals surface area (Å²) in [6, 6.07) is 0. The van der Waals surface area contributed by atoms with E-state index in [-0.39, 0.29) is 0 Å². The van der Waals surface area contributed by atoms with Gasteiger partial charge in [-0.2, -0.15) is 5.10 Å². The number of piperidine rings is 1. The van der Waals surface area contributed by atoms with E-state index in [1.54, 1.807) is 0 Å². The maximum atomic E-state index is 4.58. The van der Waals surface area contributed by atoms with E-state index >= 15 is 0 Å². The van der Waals surface area contributed by atoms with Crippen molar-refractivity contribution < 1.29 is 0 Å². The summed E-state index contributed by atoms with van der Waals surface area (Å²) >= 11 is 2.20. The second-order valence-corrected chi connectivity index (χ2v) is 7.03. The zero-order valence-corrected chi connectivity index (χ0v) is 14.2. The Bertz CT molecular complexity index is 310. The van der Waals surface area contributed by atoms with Crippen molar-refractivity contribution in [2.75, 3.05) is 20.1 Å². The van der Waals surface area contributed by atoms with E-state index in [4.69, 9.17) is 0 Å². The number of rotatable bonds is 5. The smallest absolute Gasteiger partial charge is 0.0780 e. The lowest BCUT2D eigenvalue weighted by Gasteiger charge is -2.35. The SMILES string of the molecule is C=C(C)/C(CC1CCNCC1C(C)C)=N\N(C)I. The highest BCUT2D eigenvalue weighted by molar-refractivity contribution is 14.1. The molecule has 1 N–H and O–H groups in total. The van der Waals surface area contributed by atoms with Gasteiger partial charge >= 0.3 is 0 Å². The fourth-order valence-electron chi connectivity index (χ4n) is 2.69. The topological polar surface area (TPSA) is 27.6 Å². The van der Waals surface area contributed by atoms with E-state index in [1.165, 1.54) is 6.42 Å². The van der Waals surface area contributed by atoms with Gasteiger partial charge in [0.2, 0.25) is 0 Å². The van der Waals surface area contributed by atoms with Crippen LogP contribution in [0.3, 0.4) is 0 Å². The van der Waals surface area contributed by atoms with Gasteiger partial charge in [-0.3, -0.25) is 0 Å². The van der Waals surface area contributed by atoms with Crippen molar-refractivity contribution in [3.05, 3.63) is 12.2 Å². The van der Waals surface area contributed by atoms with Crippen LogP contribution in [0.25, 0.3) is 0 Å². The van der Waals surface area contributed by atoms with E-state index in [1.807, 2.05) is 10.3 Å². The first-order valence-electron chi connectivity index (χ1n) is 6.75. The average molecular weight is 363 g/mol. The fourth-order valence-corrected chi connectivity index (χ4v) is 2.95. The fraction of sp³-hybridized carbons (Fsp3) is 0.786. The monoisotopic (exact) mass is 363 g/mol. The molecule has 4 heteroatoms. The van der Waals surface area contributed by atoms with E-state index < -0.39 is 0 Å². The summed E-state index contributed by atoms with van der Waals surface area (Å²) in [5.41, 5.74) is 2.25. The zero-order valence-electron chi connectivity index (χ0n) is 12.0. The minimum absolute atomic E-state index is 0.728. The molecule has 2 atom stereocenters. The van der Waals surface area contributed by atoms with Gasteiger partial charge < -0.3 is 5.32 Å². The molecular formula is C14H26IN3. The molecular weight excluding hydrogens is 337 g/mol. The van der Waals surface area contributed by atoms with Gasteiger partial charge in [-0.1, -0.05) is 20.4 Å². The van der Waals surface area contributed by atoms with E-state index in [2.05, 4.69) is 60.6 Å². The lowest BCUT2D eigenvalue weighted by Crippen LogP contribution is -2.40. The molecule has 1 fully saturated rings. The van der Waals surface area contributed by atoms with Crippen LogP contribution in [0, 0.1) is 17.8 Å². The Hall–Kier alpha value is -0.100. The highest BCUT2D eigenvalue weighted by atomic mass is 127. The summed E-state index contributed by atoms with van der Waals surface area (Å²) in [5, 5.41) is 8.10. The number of halogens is 1. The van der Waals surface area contributed by atoms with Crippen molar-refractivity contribution in [1.29, 1.82) is 0 Å². The van der Waals surface area contributed by atoms with Crippen LogP contribution in [0.5, 0.6) is 0 Å². The highest BCUT2D eigenvalue weighted by Crippen LogP contribution is 2.30. The van der Waals surface area contributed by atoms with Crippen molar-refractivity contribution in [2.24, 2.45) is 22.9 Å². The summed E-state index contributed by atoms with van der Waals surface area (Å²) < 4.78 is 1.85. The molecule has 0 aromatic heterocycles. The Morgan fingerprint density at radius 2 is 2.22 bits per heavy atom. The van der Waals surface area contributed by atoms with Crippen LogP contribution in [0.2, 0.25) is 0 Å². The number of hydrazone groups is 1. The predicted molar refractivity (Wildman–Crippen MR) is 88.0 cm³/mol. The standard InChI is InChI=1S/C14H26IN3/c1-10(2)13-9-16-7-6-12(13)8-14(11(3)4)17-18(5)15/h10,12-13,16H,3,6-9H2,1-2,4-5H3/b17-14-. The van der Waals surface area contributed by atoms with Crippen LogP contribution in [-0.4, -0.2) is 29.1 Å². The van der Waals surface area contributed by atoms with E-state index in [0.29, 0.717) is 0 Å². The molecule has 0 spiro atoms. The summed E-state index contributed by atoms with van der Waals surface area (Å²) in [7, 11) is 1.96. The number of hydrogen-bond acceptors (Lipinski definition) is 3. The molecule has 1 rings (SSSR count). The molecule has 104 valence electrons. The lowest BCUT2D eigenvalue weighted by atomic mass is 9.76. The number of hydrogen-bond donors (Lipinski definition) is 1. The molecule has 0 amide bonds. The molecule has 1 saturated heterocycles. The first kappa shape index (κ1) is 16.0. The van der Waals surface area contributed by atoms with Gasteiger partial charge in [0, 0.05) is 7.05 Å². The van der Waals surface area contributed by atoms with E-state index in [9.17, 15) is 0 Å². The van der Waals surface area contributed by atoms with E-state index in [0.717, 1.165) is 48.5 Å². The van der Waals surface area contributed by atoms with Crippen LogP contribution in [0.15, 0.2) is 17.3 Å². The van der Waals surface area contributed by atoms with Crippen LogP contribution in [0.1, 0.15) is 33.6 Å². The summed E-state index contributed by atoms with van der Waals surface area (Å²) in [5.74, 6) is 2.22. The Morgan fingerprint density at radius 3 is 2.72 bits per heavy atom. The first-order valence-corrected chi connectivity index (χ1v) is 7.72. The molecule has 1 heterocycles. The quantitative estimate of drug-likeness (QED) is 0.351. The van der Waals surface area contributed by atoms with Crippen LogP contribution in [-0.2, 0) is 0 Å². The third-order valence-corrected chi connectivity index (χ3v) is 3.96. The van der Waals surface area contributed by atoms with Gasteiger partial charge in [0.25, 0.3) is 0 Å². The van der Waals surface area contributed by atoms with Gasteiger partial charge in [0.15, 0.2) is 0 Å². The van der Waals surface area contributed by atoms with Crippen molar-refractivity contribution in [3.8, 4) is 0 Å². The van der Waals surface area contributed by atoms with Gasteiger partial charge in [0.1, 0.15) is 0 Å². The van der Waals surface area contributed by atoms with Crippen LogP contribution >= 0.6 is 22.9 Å². The molecule has 0 saturated carbocycles. The van der Waals surface area contributed by atoms with Crippen molar-refractivity contribution in [1.82, 2.24) is 8.54 Å². The number of nitrogens with one attached hydrogen (secondary N) is 1. The maximum absolute atomic E-state index is 4.58. The molecule has 0 aromatic rings. The third-order valence-electron chi connectivity index (χ3n) is 3.74. The molecule has 18 heavy (non-hydrogen) atoms. The second kappa shape index (κ2) is 7.48. The maximum Gasteiger partial charge on any atom is 0.0780 e. The minimum Gasteiger partial charge on any atom is -0.316 e. The van der Waals surface area contributed by atoms with Gasteiger partial charge in [-0.05, 0) is 56.2 Å². The lowest BCUT2D eigenvalue weighted by molar-refractivity contribution is 0.201. The molecule has 3 nitrogen and oxygen atoms in total. The molecule has 2 unspecified atom stereocenters. The zero-order chi connectivity index (χ0) is 13.7. The minimum atomic E-state index is 0.728. The first-order chi connectivity index (χ1) is 8.41. The third kappa shape index (κ3) is 4.88. The summed E-state index contributed by atoms with van der Waals surface area (Å²) in [6.07, 6.45) is 2.31. The van der Waals surface area contributed by atoms with Crippen molar-refractivity contribution in [3.63, 3.8) is 0 Å². The summed E-state index contributed by atoms with van der Waals surface area (Å²) in [6.45, 7) is 13.1. The molecule has 0 bridgehead atoms. The highest BCUT2D eigenvalue weighted by Gasteiger charge is 2.28. The predicted octanol–water partition coefficient (Wildman–Crippen LogP) is 3.47.